The predicted molar refractivity (Wildman–Crippen MR) is 68.0 cm³/mol. The first-order chi connectivity index (χ1) is 7.66. The Morgan fingerprint density at radius 1 is 1.19 bits per heavy atom. The van der Waals surface area contributed by atoms with Crippen molar-refractivity contribution in [3.05, 3.63) is 35.9 Å². The monoisotopic (exact) mass is 218 g/mol. The number of benzene rings is 1. The minimum atomic E-state index is 0.326. The van der Waals surface area contributed by atoms with E-state index in [0.717, 1.165) is 13.1 Å². The molecule has 3 atom stereocenters. The number of hydrogen-bond acceptors (Lipinski definition) is 2. The second-order valence-corrected chi connectivity index (χ2v) is 5.18. The SMILES string of the molecule is C[C@H]1[C@H](C)CN(Cc2ccccc2)C[C@H]1N. The zero-order chi connectivity index (χ0) is 11.5. The van der Waals surface area contributed by atoms with Gasteiger partial charge in [-0.2, -0.15) is 0 Å². The van der Waals surface area contributed by atoms with Gasteiger partial charge in [-0.05, 0) is 17.4 Å². The fraction of sp³-hybridized carbons (Fsp3) is 0.571. The third-order valence-corrected chi connectivity index (χ3v) is 3.84. The van der Waals surface area contributed by atoms with Gasteiger partial charge in [0.2, 0.25) is 0 Å². The number of piperidine rings is 1. The van der Waals surface area contributed by atoms with Crippen LogP contribution in [0.2, 0.25) is 0 Å². The fourth-order valence-corrected chi connectivity index (χ4v) is 2.51. The van der Waals surface area contributed by atoms with Gasteiger partial charge in [0.1, 0.15) is 0 Å². The Bertz CT molecular complexity index is 311. The number of rotatable bonds is 2. The topological polar surface area (TPSA) is 29.3 Å². The highest BCUT2D eigenvalue weighted by atomic mass is 15.1. The lowest BCUT2D eigenvalue weighted by Crippen LogP contribution is -2.51. The lowest BCUT2D eigenvalue weighted by atomic mass is 9.85. The Hall–Kier alpha value is -0.860. The van der Waals surface area contributed by atoms with E-state index in [9.17, 15) is 0 Å². The summed E-state index contributed by atoms with van der Waals surface area (Å²) in [7, 11) is 0. The van der Waals surface area contributed by atoms with Crippen molar-refractivity contribution in [2.24, 2.45) is 17.6 Å². The normalized spacial score (nSPS) is 31.6. The third-order valence-electron chi connectivity index (χ3n) is 3.84. The van der Waals surface area contributed by atoms with E-state index >= 15 is 0 Å². The Morgan fingerprint density at radius 2 is 1.88 bits per heavy atom. The maximum atomic E-state index is 6.17. The van der Waals surface area contributed by atoms with Crippen molar-refractivity contribution in [2.75, 3.05) is 13.1 Å². The summed E-state index contributed by atoms with van der Waals surface area (Å²) in [6, 6.07) is 11.0. The van der Waals surface area contributed by atoms with Gasteiger partial charge in [0.15, 0.2) is 0 Å². The van der Waals surface area contributed by atoms with Gasteiger partial charge in [0.25, 0.3) is 0 Å². The second kappa shape index (κ2) is 4.98. The molecule has 16 heavy (non-hydrogen) atoms. The van der Waals surface area contributed by atoms with Gasteiger partial charge >= 0.3 is 0 Å². The standard InChI is InChI=1S/C14H22N2/c1-11-8-16(10-14(15)12(11)2)9-13-6-4-3-5-7-13/h3-7,11-12,14H,8-10,15H2,1-2H3/t11-,12+,14-/m1/s1. The van der Waals surface area contributed by atoms with Gasteiger partial charge < -0.3 is 5.73 Å². The molecule has 0 saturated carbocycles. The molecule has 0 spiro atoms. The molecule has 1 fully saturated rings. The van der Waals surface area contributed by atoms with Crippen LogP contribution in [0.25, 0.3) is 0 Å². The Kier molecular flexibility index (Phi) is 3.62. The lowest BCUT2D eigenvalue weighted by Gasteiger charge is -2.39. The van der Waals surface area contributed by atoms with Crippen LogP contribution in [0.5, 0.6) is 0 Å². The molecule has 2 rings (SSSR count). The molecule has 1 aliphatic heterocycles. The van der Waals surface area contributed by atoms with Crippen LogP contribution in [0.1, 0.15) is 19.4 Å². The quantitative estimate of drug-likeness (QED) is 0.823. The average molecular weight is 218 g/mol. The van der Waals surface area contributed by atoms with Crippen molar-refractivity contribution in [3.63, 3.8) is 0 Å². The van der Waals surface area contributed by atoms with Gasteiger partial charge in [-0.25, -0.2) is 0 Å². The summed E-state index contributed by atoms with van der Waals surface area (Å²) in [5, 5.41) is 0. The fourth-order valence-electron chi connectivity index (χ4n) is 2.51. The molecule has 2 heteroatoms. The summed E-state index contributed by atoms with van der Waals surface area (Å²) < 4.78 is 0. The summed E-state index contributed by atoms with van der Waals surface area (Å²) in [6.07, 6.45) is 0. The molecule has 1 saturated heterocycles. The third kappa shape index (κ3) is 2.63. The number of nitrogens with two attached hydrogens (primary N) is 1. The molecule has 1 aromatic carbocycles. The first kappa shape index (κ1) is 11.6. The van der Waals surface area contributed by atoms with Crippen LogP contribution in [0.15, 0.2) is 30.3 Å². The molecule has 88 valence electrons. The van der Waals surface area contributed by atoms with Gasteiger partial charge in [-0.1, -0.05) is 44.2 Å². The zero-order valence-corrected chi connectivity index (χ0v) is 10.3. The van der Waals surface area contributed by atoms with Crippen molar-refractivity contribution < 1.29 is 0 Å². The Morgan fingerprint density at radius 3 is 2.50 bits per heavy atom. The lowest BCUT2D eigenvalue weighted by molar-refractivity contribution is 0.111. The van der Waals surface area contributed by atoms with Gasteiger partial charge in [0.05, 0.1) is 0 Å². The minimum absolute atomic E-state index is 0.326. The van der Waals surface area contributed by atoms with E-state index in [1.807, 2.05) is 0 Å². The minimum Gasteiger partial charge on any atom is -0.326 e. The first-order valence-corrected chi connectivity index (χ1v) is 6.18. The molecule has 0 aromatic heterocycles. The average Bonchev–Trinajstić information content (AvgIpc) is 2.27. The maximum absolute atomic E-state index is 6.17. The number of nitrogens with zero attached hydrogens (tertiary/aromatic N) is 1. The van der Waals surface area contributed by atoms with Crippen molar-refractivity contribution in [1.82, 2.24) is 4.90 Å². The second-order valence-electron chi connectivity index (χ2n) is 5.18. The van der Waals surface area contributed by atoms with Crippen LogP contribution in [-0.2, 0) is 6.54 Å². The highest BCUT2D eigenvalue weighted by Gasteiger charge is 2.28. The van der Waals surface area contributed by atoms with Crippen molar-refractivity contribution in [1.29, 1.82) is 0 Å². The first-order valence-electron chi connectivity index (χ1n) is 6.18. The van der Waals surface area contributed by atoms with E-state index in [-0.39, 0.29) is 0 Å². The highest BCUT2D eigenvalue weighted by Crippen LogP contribution is 2.23. The highest BCUT2D eigenvalue weighted by molar-refractivity contribution is 5.14. The molecule has 0 amide bonds. The summed E-state index contributed by atoms with van der Waals surface area (Å²) >= 11 is 0. The largest absolute Gasteiger partial charge is 0.326 e. The molecule has 1 aromatic rings. The Balaban J connectivity index is 1.97. The number of likely N-dealkylation sites (tertiary alicyclic amines) is 1. The van der Waals surface area contributed by atoms with Crippen molar-refractivity contribution in [3.8, 4) is 0 Å². The van der Waals surface area contributed by atoms with E-state index in [1.54, 1.807) is 0 Å². The van der Waals surface area contributed by atoms with Crippen molar-refractivity contribution in [2.45, 2.75) is 26.4 Å². The predicted octanol–water partition coefficient (Wildman–Crippen LogP) is 2.10. The maximum Gasteiger partial charge on any atom is 0.0234 e. The van der Waals surface area contributed by atoms with E-state index in [2.05, 4.69) is 49.1 Å². The summed E-state index contributed by atoms with van der Waals surface area (Å²) in [4.78, 5) is 2.48. The van der Waals surface area contributed by atoms with Gasteiger partial charge in [-0.15, -0.1) is 0 Å². The van der Waals surface area contributed by atoms with Crippen LogP contribution in [0, 0.1) is 11.8 Å². The van der Waals surface area contributed by atoms with Crippen molar-refractivity contribution >= 4 is 0 Å². The van der Waals surface area contributed by atoms with E-state index < -0.39 is 0 Å². The van der Waals surface area contributed by atoms with E-state index in [0.29, 0.717) is 17.9 Å². The van der Waals surface area contributed by atoms with Crippen LogP contribution in [-0.4, -0.2) is 24.0 Å². The van der Waals surface area contributed by atoms with Crippen LogP contribution < -0.4 is 5.73 Å². The number of hydrogen-bond donors (Lipinski definition) is 1. The molecule has 1 heterocycles. The molecular formula is C14H22N2. The summed E-state index contributed by atoms with van der Waals surface area (Å²) in [6.45, 7) is 7.81. The van der Waals surface area contributed by atoms with Crippen LogP contribution >= 0.6 is 0 Å². The molecule has 0 aliphatic carbocycles. The van der Waals surface area contributed by atoms with Gasteiger partial charge in [-0.3, -0.25) is 4.90 Å². The summed E-state index contributed by atoms with van der Waals surface area (Å²) in [5.74, 6) is 1.35. The molecule has 1 aliphatic rings. The smallest absolute Gasteiger partial charge is 0.0234 e. The molecule has 0 unspecified atom stereocenters. The zero-order valence-electron chi connectivity index (χ0n) is 10.3. The molecule has 0 radical (unpaired) electrons. The molecular weight excluding hydrogens is 196 g/mol. The molecule has 2 nitrogen and oxygen atoms in total. The molecule has 0 bridgehead atoms. The van der Waals surface area contributed by atoms with E-state index in [4.69, 9.17) is 5.73 Å². The van der Waals surface area contributed by atoms with Gasteiger partial charge in [0, 0.05) is 25.7 Å². The summed E-state index contributed by atoms with van der Waals surface area (Å²) in [5.41, 5.74) is 7.56. The molecule has 2 N–H and O–H groups in total. The van der Waals surface area contributed by atoms with Crippen LogP contribution in [0.3, 0.4) is 0 Å². The Labute approximate surface area is 98.4 Å². The van der Waals surface area contributed by atoms with Crippen LogP contribution in [0.4, 0.5) is 0 Å². The van der Waals surface area contributed by atoms with E-state index in [1.165, 1.54) is 12.1 Å².